The van der Waals surface area contributed by atoms with Gasteiger partial charge in [0.05, 0.1) is 11.3 Å². The molecule has 3 aromatic rings. The van der Waals surface area contributed by atoms with Gasteiger partial charge in [0.15, 0.2) is 0 Å². The molecule has 3 rings (SSSR count). The molecule has 0 atom stereocenters. The summed E-state index contributed by atoms with van der Waals surface area (Å²) in [5, 5.41) is 3.80. The minimum absolute atomic E-state index is 0.0317. The van der Waals surface area contributed by atoms with E-state index in [0.717, 1.165) is 12.1 Å². The van der Waals surface area contributed by atoms with Crippen LogP contribution in [0.5, 0.6) is 0 Å². The standard InChI is InChI=1S/C19H16F4N4O2/c1-11-9-12(5-6-15(11)20)18-24-17(29-27-18)8-7-16(28)26-25-14-4-2-3-13(10-14)19(21,22)23/h2-6,9-10,25H,7-8H2,1H3,(H,26,28). The molecule has 0 unspecified atom stereocenters. The molecule has 2 N–H and O–H groups in total. The normalized spacial score (nSPS) is 11.3. The molecule has 0 spiro atoms. The lowest BCUT2D eigenvalue weighted by molar-refractivity contribution is -0.137. The molecule has 1 aromatic heterocycles. The van der Waals surface area contributed by atoms with Crippen molar-refractivity contribution in [1.29, 1.82) is 0 Å². The van der Waals surface area contributed by atoms with Gasteiger partial charge in [0.1, 0.15) is 5.82 Å². The molecule has 10 heteroatoms. The van der Waals surface area contributed by atoms with Gasteiger partial charge >= 0.3 is 6.18 Å². The van der Waals surface area contributed by atoms with Gasteiger partial charge in [-0.1, -0.05) is 11.2 Å². The Morgan fingerprint density at radius 2 is 1.97 bits per heavy atom. The van der Waals surface area contributed by atoms with Crippen LogP contribution in [-0.2, 0) is 17.4 Å². The monoisotopic (exact) mass is 408 g/mol. The number of aryl methyl sites for hydroxylation is 2. The Kier molecular flexibility index (Phi) is 5.81. The summed E-state index contributed by atoms with van der Waals surface area (Å²) in [5.74, 6) is -0.344. The molecule has 0 saturated carbocycles. The molecule has 0 radical (unpaired) electrons. The van der Waals surface area contributed by atoms with Crippen molar-refractivity contribution in [1.82, 2.24) is 15.6 Å². The van der Waals surface area contributed by atoms with E-state index in [1.54, 1.807) is 13.0 Å². The highest BCUT2D eigenvalue weighted by Crippen LogP contribution is 2.30. The number of rotatable bonds is 6. The molecule has 2 aromatic carbocycles. The maximum atomic E-state index is 13.3. The fraction of sp³-hybridized carbons (Fsp3) is 0.211. The molecule has 0 bridgehead atoms. The average Bonchev–Trinajstić information content (AvgIpc) is 3.15. The van der Waals surface area contributed by atoms with Crippen molar-refractivity contribution >= 4 is 11.6 Å². The first kappa shape index (κ1) is 20.3. The van der Waals surface area contributed by atoms with Crippen LogP contribution < -0.4 is 10.9 Å². The first-order valence-corrected chi connectivity index (χ1v) is 8.53. The van der Waals surface area contributed by atoms with Crippen molar-refractivity contribution in [2.24, 2.45) is 0 Å². The smallest absolute Gasteiger partial charge is 0.339 e. The van der Waals surface area contributed by atoms with Crippen molar-refractivity contribution in [3.63, 3.8) is 0 Å². The van der Waals surface area contributed by atoms with Crippen LogP contribution in [0.3, 0.4) is 0 Å². The summed E-state index contributed by atoms with van der Waals surface area (Å²) in [6.07, 6.45) is -4.38. The molecule has 0 fully saturated rings. The third-order valence-corrected chi connectivity index (χ3v) is 3.99. The second-order valence-corrected chi connectivity index (χ2v) is 6.23. The van der Waals surface area contributed by atoms with Crippen LogP contribution in [-0.4, -0.2) is 16.0 Å². The van der Waals surface area contributed by atoms with Crippen LogP contribution in [0.2, 0.25) is 0 Å². The van der Waals surface area contributed by atoms with Gasteiger partial charge in [-0.3, -0.25) is 15.6 Å². The summed E-state index contributed by atoms with van der Waals surface area (Å²) in [4.78, 5) is 16.1. The Labute approximate surface area is 162 Å². The number of benzene rings is 2. The van der Waals surface area contributed by atoms with Crippen LogP contribution >= 0.6 is 0 Å². The van der Waals surface area contributed by atoms with Crippen molar-refractivity contribution < 1.29 is 26.9 Å². The van der Waals surface area contributed by atoms with E-state index in [2.05, 4.69) is 21.0 Å². The summed E-state index contributed by atoms with van der Waals surface area (Å²) in [6, 6.07) is 8.84. The number of alkyl halides is 3. The Morgan fingerprint density at radius 3 is 2.69 bits per heavy atom. The van der Waals surface area contributed by atoms with Crippen LogP contribution in [0.1, 0.15) is 23.4 Å². The number of amides is 1. The molecule has 0 aliphatic heterocycles. The lowest BCUT2D eigenvalue weighted by Crippen LogP contribution is -2.29. The summed E-state index contributed by atoms with van der Waals surface area (Å²) in [7, 11) is 0. The van der Waals surface area contributed by atoms with E-state index in [4.69, 9.17) is 4.52 Å². The largest absolute Gasteiger partial charge is 0.416 e. The Hall–Kier alpha value is -3.43. The van der Waals surface area contributed by atoms with Crippen molar-refractivity contribution in [2.45, 2.75) is 25.9 Å². The maximum absolute atomic E-state index is 13.3. The lowest BCUT2D eigenvalue weighted by Gasteiger charge is -2.11. The van der Waals surface area contributed by atoms with E-state index in [-0.39, 0.29) is 36.1 Å². The van der Waals surface area contributed by atoms with Crippen LogP contribution in [0.4, 0.5) is 23.2 Å². The third kappa shape index (κ3) is 5.31. The SMILES string of the molecule is Cc1cc(-c2noc(CCC(=O)NNc3cccc(C(F)(F)F)c3)n2)ccc1F. The fourth-order valence-corrected chi connectivity index (χ4v) is 2.46. The molecule has 6 nitrogen and oxygen atoms in total. The molecule has 1 heterocycles. The Morgan fingerprint density at radius 1 is 1.17 bits per heavy atom. The van der Waals surface area contributed by atoms with Crippen molar-refractivity contribution in [3.8, 4) is 11.4 Å². The molecule has 0 aliphatic rings. The van der Waals surface area contributed by atoms with E-state index in [9.17, 15) is 22.4 Å². The number of carbonyl (C=O) groups is 1. The predicted molar refractivity (Wildman–Crippen MR) is 96.0 cm³/mol. The van der Waals surface area contributed by atoms with Crippen LogP contribution in [0.15, 0.2) is 47.0 Å². The van der Waals surface area contributed by atoms with Gasteiger partial charge in [-0.25, -0.2) is 4.39 Å². The zero-order chi connectivity index (χ0) is 21.0. The number of hydrazine groups is 1. The number of aromatic nitrogens is 2. The predicted octanol–water partition coefficient (Wildman–Crippen LogP) is 4.28. The molecule has 1 amide bonds. The second-order valence-electron chi connectivity index (χ2n) is 6.23. The summed E-state index contributed by atoms with van der Waals surface area (Å²) in [6.45, 7) is 1.61. The zero-order valence-electron chi connectivity index (χ0n) is 15.2. The molecular formula is C19H16F4N4O2. The van der Waals surface area contributed by atoms with Gasteiger partial charge < -0.3 is 4.52 Å². The zero-order valence-corrected chi connectivity index (χ0v) is 15.2. The highest BCUT2D eigenvalue weighted by Gasteiger charge is 2.30. The topological polar surface area (TPSA) is 80.0 Å². The number of halogens is 4. The number of carbonyl (C=O) groups excluding carboxylic acids is 1. The number of hydrogen-bond acceptors (Lipinski definition) is 5. The fourth-order valence-electron chi connectivity index (χ4n) is 2.46. The van der Waals surface area contributed by atoms with E-state index in [1.807, 2.05) is 0 Å². The average molecular weight is 408 g/mol. The van der Waals surface area contributed by atoms with Gasteiger partial charge in [-0.15, -0.1) is 0 Å². The van der Waals surface area contributed by atoms with E-state index >= 15 is 0 Å². The maximum Gasteiger partial charge on any atom is 0.416 e. The third-order valence-electron chi connectivity index (χ3n) is 3.99. The van der Waals surface area contributed by atoms with Crippen molar-refractivity contribution in [3.05, 3.63) is 65.3 Å². The minimum Gasteiger partial charge on any atom is -0.339 e. The molecular weight excluding hydrogens is 392 g/mol. The first-order chi connectivity index (χ1) is 13.7. The highest BCUT2D eigenvalue weighted by molar-refractivity contribution is 5.77. The number of anilines is 1. The first-order valence-electron chi connectivity index (χ1n) is 8.53. The lowest BCUT2D eigenvalue weighted by atomic mass is 10.1. The number of nitrogens with one attached hydrogen (secondary N) is 2. The van der Waals surface area contributed by atoms with Gasteiger partial charge in [-0.2, -0.15) is 18.2 Å². The van der Waals surface area contributed by atoms with E-state index < -0.39 is 17.6 Å². The molecule has 29 heavy (non-hydrogen) atoms. The summed E-state index contributed by atoms with van der Waals surface area (Å²) >= 11 is 0. The second kappa shape index (κ2) is 8.29. The van der Waals surface area contributed by atoms with Gasteiger partial charge in [0.2, 0.25) is 17.6 Å². The highest BCUT2D eigenvalue weighted by atomic mass is 19.4. The quantitative estimate of drug-likeness (QED) is 0.470. The Balaban J connectivity index is 1.52. The van der Waals surface area contributed by atoms with Crippen molar-refractivity contribution in [2.75, 3.05) is 5.43 Å². The number of hydrogen-bond donors (Lipinski definition) is 2. The van der Waals surface area contributed by atoms with E-state index in [1.165, 1.54) is 24.3 Å². The number of nitrogens with zero attached hydrogens (tertiary/aromatic N) is 2. The molecule has 0 saturated heterocycles. The minimum atomic E-state index is -4.47. The molecule has 152 valence electrons. The van der Waals surface area contributed by atoms with E-state index in [0.29, 0.717) is 11.1 Å². The van der Waals surface area contributed by atoms with Crippen LogP contribution in [0.25, 0.3) is 11.4 Å². The summed E-state index contributed by atoms with van der Waals surface area (Å²) in [5.41, 5.74) is 5.03. The van der Waals surface area contributed by atoms with Gasteiger partial charge in [-0.05, 0) is 48.9 Å². The van der Waals surface area contributed by atoms with Crippen LogP contribution in [0, 0.1) is 12.7 Å². The van der Waals surface area contributed by atoms with Gasteiger partial charge in [0.25, 0.3) is 0 Å². The van der Waals surface area contributed by atoms with Gasteiger partial charge in [0, 0.05) is 18.4 Å². The molecule has 0 aliphatic carbocycles. The summed E-state index contributed by atoms with van der Waals surface area (Å²) < 4.78 is 56.5. The Bertz CT molecular complexity index is 1020.